The summed E-state index contributed by atoms with van der Waals surface area (Å²) in [6, 6.07) is 5.42. The van der Waals surface area contributed by atoms with E-state index in [0.717, 1.165) is 18.5 Å². The highest BCUT2D eigenvalue weighted by Crippen LogP contribution is 2.31. The largest absolute Gasteiger partial charge is 0.497 e. The molecule has 0 radical (unpaired) electrons. The number of methoxy groups -OCH3 is 1. The van der Waals surface area contributed by atoms with Crippen LogP contribution in [-0.2, 0) is 0 Å². The summed E-state index contributed by atoms with van der Waals surface area (Å²) in [6.45, 7) is 1.42. The van der Waals surface area contributed by atoms with Crippen molar-refractivity contribution in [2.75, 3.05) is 20.2 Å². The van der Waals surface area contributed by atoms with E-state index in [9.17, 15) is 4.79 Å². The molecule has 5 nitrogen and oxygen atoms in total. The average Bonchev–Trinajstić information content (AvgIpc) is 2.38. The van der Waals surface area contributed by atoms with Gasteiger partial charge in [-0.15, -0.1) is 0 Å². The first-order valence-corrected chi connectivity index (χ1v) is 5.52. The van der Waals surface area contributed by atoms with E-state index in [1.54, 1.807) is 18.1 Å². The first-order valence-electron chi connectivity index (χ1n) is 5.52. The monoisotopic (exact) mass is 232 g/mol. The van der Waals surface area contributed by atoms with Crippen LogP contribution in [0, 0.1) is 0 Å². The normalized spacial score (nSPS) is 17.8. The molecule has 0 saturated heterocycles. The number of ether oxygens (including phenoxy) is 2. The zero-order valence-corrected chi connectivity index (χ0v) is 9.47. The Hall–Kier alpha value is -2.04. The zero-order valence-electron chi connectivity index (χ0n) is 9.47. The highest BCUT2D eigenvalue weighted by Gasteiger charge is 2.32. The predicted molar refractivity (Wildman–Crippen MR) is 61.7 cm³/mol. The van der Waals surface area contributed by atoms with Gasteiger partial charge in [0.1, 0.15) is 17.3 Å². The molecule has 0 aliphatic carbocycles. The lowest BCUT2D eigenvalue weighted by Crippen LogP contribution is -2.45. The number of carbonyl (C=O) groups excluding carboxylic acids is 1. The zero-order chi connectivity index (χ0) is 11.8. The van der Waals surface area contributed by atoms with Crippen molar-refractivity contribution in [3.8, 4) is 11.5 Å². The number of nitrogens with zero attached hydrogens (tertiary/aromatic N) is 2. The summed E-state index contributed by atoms with van der Waals surface area (Å²) in [7, 11) is 1.58. The van der Waals surface area contributed by atoms with Crippen molar-refractivity contribution in [3.05, 3.63) is 23.8 Å². The number of amides is 1. The molecule has 2 aliphatic rings. The molecule has 1 aromatic rings. The van der Waals surface area contributed by atoms with E-state index in [-0.39, 0.29) is 6.09 Å². The lowest BCUT2D eigenvalue weighted by molar-refractivity contribution is 0.170. The average molecular weight is 232 g/mol. The van der Waals surface area contributed by atoms with Gasteiger partial charge in [0, 0.05) is 19.2 Å². The number of benzene rings is 1. The molecule has 0 N–H and O–H groups in total. The van der Waals surface area contributed by atoms with Crippen molar-refractivity contribution >= 4 is 11.9 Å². The fourth-order valence-corrected chi connectivity index (χ4v) is 2.06. The number of hydrogen-bond donors (Lipinski definition) is 0. The van der Waals surface area contributed by atoms with Crippen molar-refractivity contribution in [1.82, 2.24) is 4.90 Å². The maximum absolute atomic E-state index is 11.8. The van der Waals surface area contributed by atoms with Crippen LogP contribution >= 0.6 is 0 Å². The molecule has 0 spiro atoms. The molecule has 0 saturated carbocycles. The quantitative estimate of drug-likeness (QED) is 0.740. The number of amidine groups is 1. The van der Waals surface area contributed by atoms with Gasteiger partial charge in [-0.05, 0) is 18.6 Å². The van der Waals surface area contributed by atoms with Crippen molar-refractivity contribution in [3.63, 3.8) is 0 Å². The van der Waals surface area contributed by atoms with E-state index in [0.29, 0.717) is 23.9 Å². The van der Waals surface area contributed by atoms with Crippen molar-refractivity contribution in [2.24, 2.45) is 4.99 Å². The maximum Gasteiger partial charge on any atom is 0.420 e. The second-order valence-corrected chi connectivity index (χ2v) is 3.94. The van der Waals surface area contributed by atoms with Gasteiger partial charge in [0.25, 0.3) is 0 Å². The molecule has 2 aliphatic heterocycles. The minimum atomic E-state index is -0.357. The summed E-state index contributed by atoms with van der Waals surface area (Å²) in [6.07, 6.45) is 0.522. The molecule has 0 unspecified atom stereocenters. The van der Waals surface area contributed by atoms with Crippen molar-refractivity contribution in [2.45, 2.75) is 6.42 Å². The van der Waals surface area contributed by atoms with E-state index in [2.05, 4.69) is 4.99 Å². The number of aliphatic imine (C=N–C) groups is 1. The van der Waals surface area contributed by atoms with Crippen LogP contribution in [-0.4, -0.2) is 37.0 Å². The standard InChI is InChI=1S/C12H12N2O3/c1-16-8-3-4-9-10(7-8)17-12(15)14-6-2-5-13-11(9)14/h3-4,7H,2,5-6H2,1H3. The first-order chi connectivity index (χ1) is 8.29. The minimum absolute atomic E-state index is 0.357. The lowest BCUT2D eigenvalue weighted by atomic mass is 10.1. The highest BCUT2D eigenvalue weighted by molar-refractivity contribution is 6.11. The van der Waals surface area contributed by atoms with Crippen LogP contribution in [0.2, 0.25) is 0 Å². The molecule has 2 heterocycles. The predicted octanol–water partition coefficient (Wildman–Crippen LogP) is 1.66. The molecule has 0 aromatic heterocycles. The highest BCUT2D eigenvalue weighted by atomic mass is 16.6. The number of rotatable bonds is 1. The van der Waals surface area contributed by atoms with Gasteiger partial charge in [-0.2, -0.15) is 0 Å². The lowest BCUT2D eigenvalue weighted by Gasteiger charge is -2.31. The molecular weight excluding hydrogens is 220 g/mol. The second-order valence-electron chi connectivity index (χ2n) is 3.94. The third-order valence-electron chi connectivity index (χ3n) is 2.90. The minimum Gasteiger partial charge on any atom is -0.497 e. The summed E-state index contributed by atoms with van der Waals surface area (Å²) in [5.41, 5.74) is 0.852. The molecule has 1 aromatic carbocycles. The van der Waals surface area contributed by atoms with E-state index in [1.807, 2.05) is 12.1 Å². The van der Waals surface area contributed by atoms with Crippen molar-refractivity contribution in [1.29, 1.82) is 0 Å². The maximum atomic E-state index is 11.8. The van der Waals surface area contributed by atoms with E-state index in [1.165, 1.54) is 0 Å². The van der Waals surface area contributed by atoms with Gasteiger partial charge in [-0.3, -0.25) is 9.89 Å². The molecule has 0 fully saturated rings. The molecule has 17 heavy (non-hydrogen) atoms. The summed E-state index contributed by atoms with van der Waals surface area (Å²) in [5.74, 6) is 1.90. The Kier molecular flexibility index (Phi) is 2.24. The summed E-state index contributed by atoms with van der Waals surface area (Å²) >= 11 is 0. The fourth-order valence-electron chi connectivity index (χ4n) is 2.06. The Bertz CT molecular complexity index is 510. The van der Waals surface area contributed by atoms with E-state index >= 15 is 0 Å². The van der Waals surface area contributed by atoms with Crippen LogP contribution in [0.3, 0.4) is 0 Å². The molecule has 1 amide bonds. The van der Waals surface area contributed by atoms with Gasteiger partial charge in [0.15, 0.2) is 0 Å². The van der Waals surface area contributed by atoms with Crippen LogP contribution in [0.25, 0.3) is 0 Å². The number of fused-ring (bicyclic) bond motifs is 3. The summed E-state index contributed by atoms with van der Waals surface area (Å²) in [4.78, 5) is 17.8. The fraction of sp³-hybridized carbons (Fsp3) is 0.333. The summed E-state index contributed by atoms with van der Waals surface area (Å²) < 4.78 is 10.4. The van der Waals surface area contributed by atoms with Gasteiger partial charge in [-0.1, -0.05) is 0 Å². The third kappa shape index (κ3) is 1.54. The van der Waals surface area contributed by atoms with Gasteiger partial charge >= 0.3 is 6.09 Å². The van der Waals surface area contributed by atoms with Gasteiger partial charge < -0.3 is 9.47 Å². The third-order valence-corrected chi connectivity index (χ3v) is 2.90. The van der Waals surface area contributed by atoms with Crippen LogP contribution in [0.5, 0.6) is 11.5 Å². The van der Waals surface area contributed by atoms with Crippen LogP contribution in [0.15, 0.2) is 23.2 Å². The van der Waals surface area contributed by atoms with Gasteiger partial charge in [0.05, 0.1) is 12.7 Å². The Morgan fingerprint density at radius 3 is 3.18 bits per heavy atom. The Balaban J connectivity index is 2.11. The molecular formula is C12H12N2O3. The number of hydrogen-bond acceptors (Lipinski definition) is 4. The van der Waals surface area contributed by atoms with E-state index in [4.69, 9.17) is 9.47 Å². The number of carbonyl (C=O) groups is 1. The van der Waals surface area contributed by atoms with Crippen LogP contribution < -0.4 is 9.47 Å². The molecule has 5 heteroatoms. The van der Waals surface area contributed by atoms with Gasteiger partial charge in [0.2, 0.25) is 0 Å². The Morgan fingerprint density at radius 1 is 1.47 bits per heavy atom. The van der Waals surface area contributed by atoms with E-state index < -0.39 is 0 Å². The molecule has 88 valence electrons. The SMILES string of the molecule is COc1ccc2c(c1)OC(=O)N1CCCN=C21. The summed E-state index contributed by atoms with van der Waals surface area (Å²) in [5, 5.41) is 0. The molecule has 0 atom stereocenters. The smallest absolute Gasteiger partial charge is 0.420 e. The Morgan fingerprint density at radius 2 is 2.35 bits per heavy atom. The van der Waals surface area contributed by atoms with Crippen molar-refractivity contribution < 1.29 is 14.3 Å². The topological polar surface area (TPSA) is 51.1 Å². The molecule has 0 bridgehead atoms. The second kappa shape index (κ2) is 3.76. The Labute approximate surface area is 98.7 Å². The van der Waals surface area contributed by atoms with Crippen LogP contribution in [0.1, 0.15) is 12.0 Å². The van der Waals surface area contributed by atoms with Gasteiger partial charge in [-0.25, -0.2) is 4.79 Å². The first kappa shape index (κ1) is 10.1. The molecule has 3 rings (SSSR count). The van der Waals surface area contributed by atoms with Crippen LogP contribution in [0.4, 0.5) is 4.79 Å².